The molecule has 0 aliphatic heterocycles. The van der Waals surface area contributed by atoms with E-state index in [0.29, 0.717) is 13.2 Å². The molecule has 1 rings (SSSR count). The van der Waals surface area contributed by atoms with Crippen molar-refractivity contribution in [2.45, 2.75) is 26.0 Å². The Morgan fingerprint density at radius 1 is 1.24 bits per heavy atom. The van der Waals surface area contributed by atoms with Crippen LogP contribution in [0.2, 0.25) is 0 Å². The van der Waals surface area contributed by atoms with Crippen LogP contribution in [-0.2, 0) is 16.0 Å². The molecule has 21 heavy (non-hydrogen) atoms. The van der Waals surface area contributed by atoms with Gasteiger partial charge in [-0.15, -0.1) is 0 Å². The third-order valence-electron chi connectivity index (χ3n) is 2.84. The summed E-state index contributed by atoms with van der Waals surface area (Å²) in [6.07, 6.45) is 0.481. The molecule has 0 aromatic heterocycles. The fourth-order valence-corrected chi connectivity index (χ4v) is 1.76. The third-order valence-corrected chi connectivity index (χ3v) is 2.84. The highest BCUT2D eigenvalue weighted by Crippen LogP contribution is 2.13. The number of nitrogens with one attached hydrogen (secondary N) is 1. The fraction of sp³-hybridized carbons (Fsp3) is 0.625. The van der Waals surface area contributed by atoms with Crippen LogP contribution in [0, 0.1) is 0 Å². The number of aliphatic hydroxyl groups excluding tert-OH is 1. The topological polar surface area (TPSA) is 60.0 Å². The minimum atomic E-state index is -0.635. The van der Waals surface area contributed by atoms with Gasteiger partial charge >= 0.3 is 0 Å². The van der Waals surface area contributed by atoms with Gasteiger partial charge in [-0.05, 0) is 30.7 Å². The molecule has 0 fully saturated rings. The summed E-state index contributed by atoms with van der Waals surface area (Å²) in [5.41, 5.74) is 1.17. The van der Waals surface area contributed by atoms with Crippen LogP contribution in [0.3, 0.4) is 0 Å². The van der Waals surface area contributed by atoms with Crippen molar-refractivity contribution in [3.05, 3.63) is 29.8 Å². The second-order valence-corrected chi connectivity index (χ2v) is 4.86. The van der Waals surface area contributed by atoms with E-state index in [9.17, 15) is 5.11 Å². The number of rotatable bonds is 12. The molecule has 120 valence electrons. The van der Waals surface area contributed by atoms with Gasteiger partial charge in [0.05, 0.1) is 19.8 Å². The van der Waals surface area contributed by atoms with Gasteiger partial charge in [-0.3, -0.25) is 0 Å². The van der Waals surface area contributed by atoms with E-state index in [4.69, 9.17) is 14.2 Å². The van der Waals surface area contributed by atoms with Crippen molar-refractivity contribution in [3.8, 4) is 5.75 Å². The quantitative estimate of drug-likeness (QED) is 0.574. The lowest BCUT2D eigenvalue weighted by Gasteiger charge is -2.13. The van der Waals surface area contributed by atoms with Crippen molar-refractivity contribution in [2.24, 2.45) is 0 Å². The summed E-state index contributed by atoms with van der Waals surface area (Å²) in [7, 11) is 1.62. The van der Waals surface area contributed by atoms with Gasteiger partial charge in [0.1, 0.15) is 18.5 Å². The summed E-state index contributed by atoms with van der Waals surface area (Å²) >= 11 is 0. The van der Waals surface area contributed by atoms with Crippen LogP contribution >= 0.6 is 0 Å². The van der Waals surface area contributed by atoms with Crippen molar-refractivity contribution in [3.63, 3.8) is 0 Å². The van der Waals surface area contributed by atoms with Crippen LogP contribution in [0.15, 0.2) is 24.3 Å². The normalized spacial score (nSPS) is 12.3. The first-order valence-corrected chi connectivity index (χ1v) is 7.43. The molecule has 0 bridgehead atoms. The van der Waals surface area contributed by atoms with E-state index in [1.165, 1.54) is 5.56 Å². The van der Waals surface area contributed by atoms with Crippen LogP contribution in [-0.4, -0.2) is 51.3 Å². The predicted molar refractivity (Wildman–Crippen MR) is 82.6 cm³/mol. The zero-order chi connectivity index (χ0) is 15.3. The van der Waals surface area contributed by atoms with Crippen molar-refractivity contribution < 1.29 is 19.3 Å². The maximum absolute atomic E-state index is 9.75. The van der Waals surface area contributed by atoms with E-state index in [1.807, 2.05) is 18.2 Å². The fourth-order valence-electron chi connectivity index (χ4n) is 1.76. The van der Waals surface area contributed by atoms with Crippen LogP contribution in [0.1, 0.15) is 18.9 Å². The van der Waals surface area contributed by atoms with Crippen molar-refractivity contribution in [2.75, 3.05) is 40.1 Å². The molecular formula is C16H27NO4. The number of hydrogen-bond donors (Lipinski definition) is 2. The van der Waals surface area contributed by atoms with Gasteiger partial charge in [-0.2, -0.15) is 0 Å². The van der Waals surface area contributed by atoms with Gasteiger partial charge in [0.15, 0.2) is 0 Å². The third kappa shape index (κ3) is 8.67. The molecule has 0 heterocycles. The standard InChI is InChI=1S/C16H27NO4/c1-3-7-17-11-14-5-4-6-16(10-14)21-13-15(18)12-20-9-8-19-2/h4-6,10,15,17-18H,3,7-9,11-13H2,1-2H3. The minimum Gasteiger partial charge on any atom is -0.491 e. The molecule has 0 aliphatic carbocycles. The summed E-state index contributed by atoms with van der Waals surface area (Å²) < 4.78 is 15.7. The van der Waals surface area contributed by atoms with Crippen LogP contribution < -0.4 is 10.1 Å². The zero-order valence-corrected chi connectivity index (χ0v) is 13.0. The van der Waals surface area contributed by atoms with Crippen LogP contribution in [0.5, 0.6) is 5.75 Å². The lowest BCUT2D eigenvalue weighted by Crippen LogP contribution is -2.24. The van der Waals surface area contributed by atoms with E-state index in [-0.39, 0.29) is 13.2 Å². The van der Waals surface area contributed by atoms with Crippen LogP contribution in [0.4, 0.5) is 0 Å². The van der Waals surface area contributed by atoms with Gasteiger partial charge in [0.25, 0.3) is 0 Å². The van der Waals surface area contributed by atoms with Crippen molar-refractivity contribution in [1.29, 1.82) is 0 Å². The number of benzene rings is 1. The highest BCUT2D eigenvalue weighted by Gasteiger charge is 2.06. The summed E-state index contributed by atoms with van der Waals surface area (Å²) in [4.78, 5) is 0. The lowest BCUT2D eigenvalue weighted by atomic mass is 10.2. The van der Waals surface area contributed by atoms with Gasteiger partial charge in [-0.1, -0.05) is 19.1 Å². The second kappa shape index (κ2) is 11.5. The molecule has 0 radical (unpaired) electrons. The Labute approximate surface area is 127 Å². The summed E-state index contributed by atoms with van der Waals surface area (Å²) in [6.45, 7) is 5.45. The monoisotopic (exact) mass is 297 g/mol. The van der Waals surface area contributed by atoms with Crippen LogP contribution in [0.25, 0.3) is 0 Å². The zero-order valence-electron chi connectivity index (χ0n) is 13.0. The van der Waals surface area contributed by atoms with E-state index < -0.39 is 6.10 Å². The molecule has 0 aliphatic rings. The Kier molecular flexibility index (Phi) is 9.82. The maximum atomic E-state index is 9.75. The molecule has 0 saturated carbocycles. The number of ether oxygens (including phenoxy) is 3. The number of hydrogen-bond acceptors (Lipinski definition) is 5. The molecule has 1 aromatic rings. The van der Waals surface area contributed by atoms with E-state index >= 15 is 0 Å². The minimum absolute atomic E-state index is 0.221. The summed E-state index contributed by atoms with van der Waals surface area (Å²) in [6, 6.07) is 7.89. The largest absolute Gasteiger partial charge is 0.491 e. The van der Waals surface area contributed by atoms with Crippen molar-refractivity contribution >= 4 is 0 Å². The second-order valence-electron chi connectivity index (χ2n) is 4.86. The highest BCUT2D eigenvalue weighted by atomic mass is 16.5. The number of methoxy groups -OCH3 is 1. The molecular weight excluding hydrogens is 270 g/mol. The van der Waals surface area contributed by atoms with Gasteiger partial charge in [-0.25, -0.2) is 0 Å². The first-order chi connectivity index (χ1) is 10.3. The Morgan fingerprint density at radius 2 is 2.10 bits per heavy atom. The predicted octanol–water partition coefficient (Wildman–Crippen LogP) is 1.59. The molecule has 5 heteroatoms. The van der Waals surface area contributed by atoms with Gasteiger partial charge in [0, 0.05) is 13.7 Å². The summed E-state index contributed by atoms with van der Waals surface area (Å²) in [5, 5.41) is 13.1. The Balaban J connectivity index is 2.25. The van der Waals surface area contributed by atoms with Crippen molar-refractivity contribution in [1.82, 2.24) is 5.32 Å². The molecule has 5 nitrogen and oxygen atoms in total. The van der Waals surface area contributed by atoms with Gasteiger partial charge in [0.2, 0.25) is 0 Å². The molecule has 2 N–H and O–H groups in total. The Morgan fingerprint density at radius 3 is 2.86 bits per heavy atom. The summed E-state index contributed by atoms with van der Waals surface area (Å²) in [5.74, 6) is 0.765. The van der Waals surface area contributed by atoms with Gasteiger partial charge < -0.3 is 24.6 Å². The molecule has 0 amide bonds. The first-order valence-electron chi connectivity index (χ1n) is 7.43. The first kappa shape index (κ1) is 17.9. The average molecular weight is 297 g/mol. The smallest absolute Gasteiger partial charge is 0.119 e. The molecule has 1 aromatic carbocycles. The Bertz CT molecular complexity index is 373. The lowest BCUT2D eigenvalue weighted by molar-refractivity contribution is -0.00420. The molecule has 0 spiro atoms. The molecule has 1 atom stereocenters. The van der Waals surface area contributed by atoms with E-state index in [2.05, 4.69) is 18.3 Å². The van der Waals surface area contributed by atoms with E-state index in [0.717, 1.165) is 25.3 Å². The molecule has 1 unspecified atom stereocenters. The van der Waals surface area contributed by atoms with E-state index in [1.54, 1.807) is 7.11 Å². The number of aliphatic hydroxyl groups is 1. The SMILES string of the molecule is CCCNCc1cccc(OCC(O)COCCOC)c1. The average Bonchev–Trinajstić information content (AvgIpc) is 2.50. The molecule has 0 saturated heterocycles. The highest BCUT2D eigenvalue weighted by molar-refractivity contribution is 5.28. The maximum Gasteiger partial charge on any atom is 0.119 e. The Hall–Kier alpha value is -1.14.